The normalized spacial score (nSPS) is 14.1. The third kappa shape index (κ3) is 4.21. The van der Waals surface area contributed by atoms with E-state index in [-0.39, 0.29) is 11.8 Å². The van der Waals surface area contributed by atoms with Gasteiger partial charge in [0, 0.05) is 12.2 Å². The number of hydrogen-bond acceptors (Lipinski definition) is 2. The largest absolute Gasteiger partial charge is 0.351 e. The van der Waals surface area contributed by atoms with Crippen molar-refractivity contribution in [2.24, 2.45) is 5.41 Å². The molecule has 1 saturated carbocycles. The molecule has 3 aromatic carbocycles. The molecule has 0 aromatic heterocycles. The monoisotopic (exact) mass is 384 g/mol. The van der Waals surface area contributed by atoms with Crippen LogP contribution >= 0.6 is 0 Å². The molecule has 0 radical (unpaired) electrons. The molecule has 146 valence electrons. The van der Waals surface area contributed by atoms with Gasteiger partial charge in [0.05, 0.1) is 6.54 Å². The fourth-order valence-electron chi connectivity index (χ4n) is 3.52. The van der Waals surface area contributed by atoms with Crippen molar-refractivity contribution < 1.29 is 9.59 Å². The maximum absolute atomic E-state index is 13.6. The molecule has 4 rings (SSSR count). The van der Waals surface area contributed by atoms with Crippen LogP contribution < -0.4 is 10.2 Å². The van der Waals surface area contributed by atoms with Crippen molar-refractivity contribution in [1.29, 1.82) is 0 Å². The summed E-state index contributed by atoms with van der Waals surface area (Å²) in [6, 6.07) is 29.2. The molecule has 0 heterocycles. The molecule has 0 spiro atoms. The first-order valence-electron chi connectivity index (χ1n) is 9.92. The molecule has 1 fully saturated rings. The van der Waals surface area contributed by atoms with Gasteiger partial charge in [0.25, 0.3) is 0 Å². The molecule has 0 atom stereocenters. The fourth-order valence-corrected chi connectivity index (χ4v) is 3.52. The number of carbonyl (C=O) groups excluding carboxylic acids is 2. The Morgan fingerprint density at radius 3 is 1.83 bits per heavy atom. The van der Waals surface area contributed by atoms with E-state index in [1.807, 2.05) is 91.0 Å². The first-order chi connectivity index (χ1) is 14.2. The highest BCUT2D eigenvalue weighted by atomic mass is 16.2. The summed E-state index contributed by atoms with van der Waals surface area (Å²) in [5, 5.41) is 2.97. The number of hydrogen-bond donors (Lipinski definition) is 1. The molecule has 3 aromatic rings. The molecule has 1 aliphatic rings. The molecule has 4 heteroatoms. The number of para-hydroxylation sites is 1. The van der Waals surface area contributed by atoms with E-state index >= 15 is 0 Å². The Hall–Kier alpha value is -3.40. The lowest BCUT2D eigenvalue weighted by Gasteiger charge is -2.27. The predicted molar refractivity (Wildman–Crippen MR) is 114 cm³/mol. The Morgan fingerprint density at radius 2 is 1.28 bits per heavy atom. The van der Waals surface area contributed by atoms with Crippen LogP contribution in [0.4, 0.5) is 5.69 Å². The minimum absolute atomic E-state index is 0.127. The van der Waals surface area contributed by atoms with E-state index in [1.54, 1.807) is 4.90 Å². The number of rotatable bonds is 7. The van der Waals surface area contributed by atoms with Gasteiger partial charge >= 0.3 is 0 Å². The van der Waals surface area contributed by atoms with Gasteiger partial charge in [-0.2, -0.15) is 0 Å². The molecular weight excluding hydrogens is 360 g/mol. The van der Waals surface area contributed by atoms with E-state index in [1.165, 1.54) is 0 Å². The third-order valence-electron chi connectivity index (χ3n) is 5.39. The van der Waals surface area contributed by atoms with E-state index in [2.05, 4.69) is 5.32 Å². The third-order valence-corrected chi connectivity index (χ3v) is 5.39. The molecule has 4 nitrogen and oxygen atoms in total. The first kappa shape index (κ1) is 18.9. The molecule has 0 unspecified atom stereocenters. The summed E-state index contributed by atoms with van der Waals surface area (Å²) in [5.74, 6) is -0.307. The van der Waals surface area contributed by atoms with Crippen LogP contribution in [0.1, 0.15) is 24.0 Å². The molecule has 0 aliphatic heterocycles. The predicted octanol–water partition coefficient (Wildman–Crippen LogP) is 4.32. The van der Waals surface area contributed by atoms with Crippen LogP contribution in [0, 0.1) is 5.41 Å². The van der Waals surface area contributed by atoms with Gasteiger partial charge in [-0.15, -0.1) is 0 Å². The van der Waals surface area contributed by atoms with Gasteiger partial charge in [-0.1, -0.05) is 78.9 Å². The summed E-state index contributed by atoms with van der Waals surface area (Å²) in [6.07, 6.45) is 1.18. The van der Waals surface area contributed by atoms with Gasteiger partial charge in [-0.25, -0.2) is 0 Å². The summed E-state index contributed by atoms with van der Waals surface area (Å²) >= 11 is 0. The highest BCUT2D eigenvalue weighted by Crippen LogP contribution is 2.48. The van der Waals surface area contributed by atoms with Gasteiger partial charge in [0.2, 0.25) is 11.8 Å². The topological polar surface area (TPSA) is 49.4 Å². The van der Waals surface area contributed by atoms with Crippen molar-refractivity contribution in [3.8, 4) is 0 Å². The zero-order valence-electron chi connectivity index (χ0n) is 16.3. The van der Waals surface area contributed by atoms with E-state index in [0.29, 0.717) is 25.9 Å². The summed E-state index contributed by atoms with van der Waals surface area (Å²) < 4.78 is 0. The second-order valence-corrected chi connectivity index (χ2v) is 7.46. The molecule has 1 aliphatic carbocycles. The van der Waals surface area contributed by atoms with Crippen molar-refractivity contribution in [3.63, 3.8) is 0 Å². The van der Waals surface area contributed by atoms with Gasteiger partial charge in [0.1, 0.15) is 5.41 Å². The average molecular weight is 384 g/mol. The standard InChI is InChI=1S/C25H24N2O2/c28-23(26-18-20-10-4-1-5-11-20)25(16-17-25)24(29)27(22-14-8-3-9-15-22)19-21-12-6-2-7-13-21/h1-15H,16-19H2,(H,26,28). The zero-order chi connectivity index (χ0) is 20.1. The molecule has 0 bridgehead atoms. The maximum Gasteiger partial charge on any atom is 0.242 e. The average Bonchev–Trinajstić information content (AvgIpc) is 3.60. The van der Waals surface area contributed by atoms with E-state index in [0.717, 1.165) is 16.8 Å². The van der Waals surface area contributed by atoms with Crippen molar-refractivity contribution >= 4 is 17.5 Å². The van der Waals surface area contributed by atoms with Crippen LogP contribution in [0.5, 0.6) is 0 Å². The van der Waals surface area contributed by atoms with E-state index < -0.39 is 5.41 Å². The van der Waals surface area contributed by atoms with Crippen LogP contribution in [0.2, 0.25) is 0 Å². The fraction of sp³-hybridized carbons (Fsp3) is 0.200. The number of amides is 2. The Kier molecular flexibility index (Phi) is 5.43. The number of carbonyl (C=O) groups is 2. The quantitative estimate of drug-likeness (QED) is 0.617. The summed E-state index contributed by atoms with van der Waals surface area (Å²) in [7, 11) is 0. The second kappa shape index (κ2) is 8.31. The van der Waals surface area contributed by atoms with Crippen LogP contribution in [-0.4, -0.2) is 11.8 Å². The highest BCUT2D eigenvalue weighted by molar-refractivity contribution is 6.14. The molecule has 29 heavy (non-hydrogen) atoms. The Bertz CT molecular complexity index is 967. The SMILES string of the molecule is O=C(NCc1ccccc1)C1(C(=O)N(Cc2ccccc2)c2ccccc2)CC1. The van der Waals surface area contributed by atoms with Crippen LogP contribution in [0.3, 0.4) is 0 Å². The van der Waals surface area contributed by atoms with Crippen molar-refractivity contribution in [2.75, 3.05) is 4.90 Å². The van der Waals surface area contributed by atoms with Crippen molar-refractivity contribution in [2.45, 2.75) is 25.9 Å². The van der Waals surface area contributed by atoms with Gasteiger partial charge in [-0.3, -0.25) is 9.59 Å². The van der Waals surface area contributed by atoms with Crippen LogP contribution in [-0.2, 0) is 22.7 Å². The summed E-state index contributed by atoms with van der Waals surface area (Å²) in [5.41, 5.74) is 1.90. The van der Waals surface area contributed by atoms with Crippen LogP contribution in [0.25, 0.3) is 0 Å². The van der Waals surface area contributed by atoms with Crippen molar-refractivity contribution in [1.82, 2.24) is 5.32 Å². The first-order valence-corrected chi connectivity index (χ1v) is 9.92. The second-order valence-electron chi connectivity index (χ2n) is 7.46. The Morgan fingerprint density at radius 1 is 0.759 bits per heavy atom. The summed E-state index contributed by atoms with van der Waals surface area (Å²) in [6.45, 7) is 0.871. The molecule has 0 saturated heterocycles. The Labute approximate surface area is 171 Å². The number of nitrogens with zero attached hydrogens (tertiary/aromatic N) is 1. The van der Waals surface area contributed by atoms with Crippen LogP contribution in [0.15, 0.2) is 91.0 Å². The number of nitrogens with one attached hydrogen (secondary N) is 1. The smallest absolute Gasteiger partial charge is 0.242 e. The lowest BCUT2D eigenvalue weighted by molar-refractivity contribution is -0.135. The number of anilines is 1. The van der Waals surface area contributed by atoms with Gasteiger partial charge in [0.15, 0.2) is 0 Å². The van der Waals surface area contributed by atoms with Gasteiger partial charge in [-0.05, 0) is 36.1 Å². The minimum Gasteiger partial charge on any atom is -0.351 e. The molecule has 1 N–H and O–H groups in total. The van der Waals surface area contributed by atoms with E-state index in [4.69, 9.17) is 0 Å². The minimum atomic E-state index is -0.959. The molecular formula is C25H24N2O2. The molecule has 2 amide bonds. The zero-order valence-corrected chi connectivity index (χ0v) is 16.3. The summed E-state index contributed by atoms with van der Waals surface area (Å²) in [4.78, 5) is 28.3. The van der Waals surface area contributed by atoms with E-state index in [9.17, 15) is 9.59 Å². The van der Waals surface area contributed by atoms with Crippen molar-refractivity contribution in [3.05, 3.63) is 102 Å². The van der Waals surface area contributed by atoms with Gasteiger partial charge < -0.3 is 10.2 Å². The highest BCUT2D eigenvalue weighted by Gasteiger charge is 2.58. The number of benzene rings is 3. The maximum atomic E-state index is 13.6. The Balaban J connectivity index is 1.54. The lowest BCUT2D eigenvalue weighted by Crippen LogP contribution is -2.45. The lowest BCUT2D eigenvalue weighted by atomic mass is 10.0.